The third kappa shape index (κ3) is 7.76. The third-order valence-corrected chi connectivity index (χ3v) is 5.92. The second-order valence-electron chi connectivity index (χ2n) is 6.95. The first-order valence-electron chi connectivity index (χ1n) is 7.88. The number of unbranched alkanes of at least 4 members (excludes halogenated alkanes) is 1. The van der Waals surface area contributed by atoms with Crippen LogP contribution >= 0.6 is 0 Å². The number of rotatable bonds is 5. The molecule has 118 valence electrons. The summed E-state index contributed by atoms with van der Waals surface area (Å²) >= 11 is 0. The Bertz CT molecular complexity index is 281. The maximum absolute atomic E-state index is 10.2. The zero-order valence-electron chi connectivity index (χ0n) is 14.4. The number of hydrogen-bond acceptors (Lipinski definition) is 2. The van der Waals surface area contributed by atoms with Crippen LogP contribution in [0.4, 0.5) is 0 Å². The van der Waals surface area contributed by atoms with Gasteiger partial charge in [-0.2, -0.15) is 0 Å². The minimum atomic E-state index is -0.0432. The van der Waals surface area contributed by atoms with E-state index in [-0.39, 0.29) is 137 Å². The Balaban J connectivity index is -0.000000902. The summed E-state index contributed by atoms with van der Waals surface area (Å²) in [6.45, 7) is 5.15. The average molecular weight is 610 g/mol. The van der Waals surface area contributed by atoms with Crippen LogP contribution < -0.4 is 0 Å². The average Bonchev–Trinajstić information content (AvgIpc) is 2.68. The second-order valence-corrected chi connectivity index (χ2v) is 6.95. The van der Waals surface area contributed by atoms with Crippen LogP contribution in [0, 0.1) is 23.2 Å². The Morgan fingerprint density at radius 3 is 2.27 bits per heavy atom. The van der Waals surface area contributed by atoms with Crippen LogP contribution in [-0.4, -0.2) is 22.9 Å². The van der Waals surface area contributed by atoms with E-state index in [0.29, 0.717) is 17.9 Å². The van der Waals surface area contributed by atoms with Crippen molar-refractivity contribution in [3.63, 3.8) is 0 Å². The van der Waals surface area contributed by atoms with Gasteiger partial charge in [0.1, 0.15) is 0 Å². The molecule has 6 heteroatoms. The van der Waals surface area contributed by atoms with E-state index in [2.05, 4.69) is 13.8 Å². The fraction of sp³-hybridized carbons (Fsp3) is 1.00. The first-order valence-corrected chi connectivity index (χ1v) is 7.88. The summed E-state index contributed by atoms with van der Waals surface area (Å²) in [5.74, 6) is 2.09. The van der Waals surface area contributed by atoms with Crippen LogP contribution in [0.3, 0.4) is 0 Å². The van der Waals surface area contributed by atoms with Crippen molar-refractivity contribution in [1.82, 2.24) is 0 Å². The van der Waals surface area contributed by atoms with Crippen molar-refractivity contribution in [1.29, 1.82) is 0 Å². The SMILES string of the molecule is C[C@H](CCCCO)C1CC[C@H]2C(O)CCC[C@]12C.[Y].[Y].[Y].[Y]. The molecule has 22 heavy (non-hydrogen) atoms. The van der Waals surface area contributed by atoms with Gasteiger partial charge in [0.25, 0.3) is 0 Å². The Morgan fingerprint density at radius 2 is 1.68 bits per heavy atom. The van der Waals surface area contributed by atoms with Crippen LogP contribution in [-0.2, 0) is 131 Å². The molecular weight excluding hydrogens is 580 g/mol. The van der Waals surface area contributed by atoms with Gasteiger partial charge in [-0.15, -0.1) is 0 Å². The molecule has 2 saturated carbocycles. The summed E-state index contributed by atoms with van der Waals surface area (Å²) in [6, 6.07) is 0. The van der Waals surface area contributed by atoms with Crippen molar-refractivity contribution >= 4 is 0 Å². The number of aliphatic hydroxyl groups is 2. The van der Waals surface area contributed by atoms with E-state index < -0.39 is 0 Å². The molecule has 2 aliphatic carbocycles. The molecule has 0 aromatic rings. The molecule has 2 unspecified atom stereocenters. The predicted molar refractivity (Wildman–Crippen MR) is 74.3 cm³/mol. The Hall–Kier alpha value is 4.34. The van der Waals surface area contributed by atoms with Gasteiger partial charge < -0.3 is 10.2 Å². The molecule has 0 aromatic carbocycles. The van der Waals surface area contributed by atoms with Gasteiger partial charge >= 0.3 is 0 Å². The normalized spacial score (nSPS) is 34.1. The van der Waals surface area contributed by atoms with E-state index in [1.54, 1.807) is 0 Å². The van der Waals surface area contributed by atoms with E-state index in [4.69, 9.17) is 5.11 Å². The minimum Gasteiger partial charge on any atom is -0.396 e. The zero-order valence-corrected chi connectivity index (χ0v) is 25.7. The van der Waals surface area contributed by atoms with Gasteiger partial charge in [0.05, 0.1) is 6.10 Å². The maximum Gasteiger partial charge on any atom is 0.0573 e. The Labute approximate surface area is 237 Å². The van der Waals surface area contributed by atoms with E-state index in [9.17, 15) is 5.11 Å². The molecule has 0 aliphatic heterocycles. The van der Waals surface area contributed by atoms with E-state index in [1.807, 2.05) is 0 Å². The van der Waals surface area contributed by atoms with Gasteiger partial charge in [-0.25, -0.2) is 0 Å². The molecule has 2 nitrogen and oxygen atoms in total. The van der Waals surface area contributed by atoms with Crippen molar-refractivity contribution in [2.24, 2.45) is 23.2 Å². The van der Waals surface area contributed by atoms with Crippen LogP contribution in [0.25, 0.3) is 0 Å². The van der Waals surface area contributed by atoms with Crippen molar-refractivity contribution in [3.8, 4) is 0 Å². The quantitative estimate of drug-likeness (QED) is 0.470. The summed E-state index contributed by atoms with van der Waals surface area (Å²) in [5.41, 5.74) is 0.385. The first-order chi connectivity index (χ1) is 8.59. The van der Waals surface area contributed by atoms with Crippen LogP contribution in [0.5, 0.6) is 0 Å². The molecule has 2 rings (SSSR count). The van der Waals surface area contributed by atoms with Crippen molar-refractivity contribution in [2.45, 2.75) is 71.3 Å². The monoisotopic (exact) mass is 610 g/mol. The van der Waals surface area contributed by atoms with E-state index >= 15 is 0 Å². The number of hydrogen-bond donors (Lipinski definition) is 2. The van der Waals surface area contributed by atoms with Crippen LogP contribution in [0.15, 0.2) is 0 Å². The van der Waals surface area contributed by atoms with Crippen molar-refractivity contribution < 1.29 is 141 Å². The molecule has 0 spiro atoms. The molecule has 2 N–H and O–H groups in total. The fourth-order valence-electron chi connectivity index (χ4n) is 4.90. The molecule has 0 saturated heterocycles. The largest absolute Gasteiger partial charge is 0.396 e. The van der Waals surface area contributed by atoms with Gasteiger partial charge in [0.15, 0.2) is 0 Å². The summed E-state index contributed by atoms with van der Waals surface area (Å²) < 4.78 is 0. The number of aliphatic hydroxyl groups excluding tert-OH is 2. The van der Waals surface area contributed by atoms with Crippen LogP contribution in [0.1, 0.15) is 65.2 Å². The standard InChI is InChI=1S/C16H30O2.4Y/c1-12(6-3-4-11-17)13-8-9-14-15(18)7-5-10-16(13,14)2;;;;/h12-15,17-18H,3-11H2,1-2H3;;;;/t12-,13?,14+,15?,16-;;;;/m1..../s1. The molecule has 0 aromatic heterocycles. The topological polar surface area (TPSA) is 40.5 Å². The van der Waals surface area contributed by atoms with Crippen LogP contribution in [0.2, 0.25) is 0 Å². The van der Waals surface area contributed by atoms with Crippen molar-refractivity contribution in [3.05, 3.63) is 0 Å². The third-order valence-electron chi connectivity index (χ3n) is 5.92. The molecule has 4 radical (unpaired) electrons. The molecule has 2 fully saturated rings. The van der Waals surface area contributed by atoms with E-state index in [1.165, 1.54) is 32.1 Å². The fourth-order valence-corrected chi connectivity index (χ4v) is 4.90. The van der Waals surface area contributed by atoms with Gasteiger partial charge in [-0.3, -0.25) is 0 Å². The second kappa shape index (κ2) is 15.3. The van der Waals surface area contributed by atoms with Gasteiger partial charge in [-0.1, -0.05) is 33.1 Å². The summed E-state index contributed by atoms with van der Waals surface area (Å²) in [4.78, 5) is 0. The first kappa shape index (κ1) is 31.0. The minimum absolute atomic E-state index is 0. The Morgan fingerprint density at radius 1 is 1.05 bits per heavy atom. The summed E-state index contributed by atoms with van der Waals surface area (Å²) in [7, 11) is 0. The molecule has 0 bridgehead atoms. The van der Waals surface area contributed by atoms with Gasteiger partial charge in [0.2, 0.25) is 0 Å². The van der Waals surface area contributed by atoms with E-state index in [0.717, 1.165) is 31.1 Å². The Kier molecular flexibility index (Phi) is 21.6. The zero-order chi connectivity index (χ0) is 13.2. The number of fused-ring (bicyclic) bond motifs is 1. The van der Waals surface area contributed by atoms with Gasteiger partial charge in [0, 0.05) is 137 Å². The molecule has 5 atom stereocenters. The molecule has 0 heterocycles. The molecule has 2 aliphatic rings. The smallest absolute Gasteiger partial charge is 0.0573 e. The summed E-state index contributed by atoms with van der Waals surface area (Å²) in [6.07, 6.45) is 9.36. The van der Waals surface area contributed by atoms with Crippen molar-refractivity contribution in [2.75, 3.05) is 6.61 Å². The summed E-state index contributed by atoms with van der Waals surface area (Å²) in [5, 5.41) is 19.1. The maximum atomic E-state index is 10.2. The molecule has 0 amide bonds. The predicted octanol–water partition coefficient (Wildman–Crippen LogP) is 3.35. The molecular formula is C16H30O2Y4. The van der Waals surface area contributed by atoms with Gasteiger partial charge in [-0.05, 0) is 55.3 Å².